The first-order valence-electron chi connectivity index (χ1n) is 5.90. The lowest BCUT2D eigenvalue weighted by Crippen LogP contribution is -2.26. The van der Waals surface area contributed by atoms with Crippen molar-refractivity contribution >= 4 is 11.3 Å². The van der Waals surface area contributed by atoms with E-state index in [4.69, 9.17) is 4.74 Å². The van der Waals surface area contributed by atoms with Crippen molar-refractivity contribution in [1.29, 1.82) is 0 Å². The van der Waals surface area contributed by atoms with Gasteiger partial charge in [-0.1, -0.05) is 0 Å². The van der Waals surface area contributed by atoms with Gasteiger partial charge in [-0.3, -0.25) is 0 Å². The molecule has 0 saturated carbocycles. The quantitative estimate of drug-likeness (QED) is 0.819. The monoisotopic (exact) mass is 252 g/mol. The van der Waals surface area contributed by atoms with Crippen LogP contribution in [-0.2, 0) is 0 Å². The molecule has 0 aliphatic carbocycles. The van der Waals surface area contributed by atoms with E-state index in [1.807, 2.05) is 11.3 Å². The molecule has 94 valence electrons. The van der Waals surface area contributed by atoms with Crippen molar-refractivity contribution in [3.8, 4) is 5.75 Å². The number of hydrogen-bond acceptors (Lipinski definition) is 4. The molecule has 0 amide bonds. The third-order valence-electron chi connectivity index (χ3n) is 3.06. The molecule has 0 fully saturated rings. The molecule has 1 aliphatic heterocycles. The van der Waals surface area contributed by atoms with Crippen LogP contribution in [0.3, 0.4) is 0 Å². The highest BCUT2D eigenvalue weighted by atomic mass is 32.1. The van der Waals surface area contributed by atoms with E-state index in [1.54, 1.807) is 0 Å². The van der Waals surface area contributed by atoms with Gasteiger partial charge in [0.05, 0.1) is 13.2 Å². The molecule has 1 aromatic heterocycles. The first kappa shape index (κ1) is 12.3. The highest BCUT2D eigenvalue weighted by Crippen LogP contribution is 2.33. The standard InChI is InChI=1S/C13H20N2OS/c1-10-11(2)17-12(3)13(10)16-8-7-15-6-5-14(4)9-15/h5-6H,7-9H2,1-4H3. The van der Waals surface area contributed by atoms with Crippen LogP contribution in [0.25, 0.3) is 0 Å². The van der Waals surface area contributed by atoms with Crippen molar-refractivity contribution in [2.75, 3.05) is 26.9 Å². The molecule has 2 rings (SSSR count). The zero-order chi connectivity index (χ0) is 12.4. The Hall–Kier alpha value is -1.16. The molecule has 0 atom stereocenters. The molecule has 0 aromatic carbocycles. The average molecular weight is 252 g/mol. The van der Waals surface area contributed by atoms with Crippen LogP contribution in [0.2, 0.25) is 0 Å². The number of nitrogens with zero attached hydrogens (tertiary/aromatic N) is 2. The number of thiophene rings is 1. The second-order valence-electron chi connectivity index (χ2n) is 4.53. The highest BCUT2D eigenvalue weighted by Gasteiger charge is 2.12. The fraction of sp³-hybridized carbons (Fsp3) is 0.538. The first-order valence-corrected chi connectivity index (χ1v) is 6.71. The minimum Gasteiger partial charge on any atom is -0.490 e. The predicted molar refractivity (Wildman–Crippen MR) is 72.5 cm³/mol. The lowest BCUT2D eigenvalue weighted by atomic mass is 10.2. The molecule has 0 saturated heterocycles. The van der Waals surface area contributed by atoms with Crippen LogP contribution in [0.5, 0.6) is 5.75 Å². The van der Waals surface area contributed by atoms with Gasteiger partial charge in [-0.25, -0.2) is 0 Å². The van der Waals surface area contributed by atoms with Gasteiger partial charge >= 0.3 is 0 Å². The molecule has 0 N–H and O–H groups in total. The Morgan fingerprint density at radius 2 is 2.00 bits per heavy atom. The van der Waals surface area contributed by atoms with Crippen molar-refractivity contribution < 1.29 is 4.74 Å². The van der Waals surface area contributed by atoms with Gasteiger partial charge in [0.15, 0.2) is 0 Å². The van der Waals surface area contributed by atoms with Crippen molar-refractivity contribution in [3.05, 3.63) is 27.7 Å². The Bertz CT molecular complexity index is 425. The third kappa shape index (κ3) is 2.75. The number of ether oxygens (including phenoxy) is 1. The van der Waals surface area contributed by atoms with Crippen LogP contribution in [0.15, 0.2) is 12.4 Å². The van der Waals surface area contributed by atoms with E-state index in [9.17, 15) is 0 Å². The molecule has 17 heavy (non-hydrogen) atoms. The van der Waals surface area contributed by atoms with Crippen LogP contribution in [0.1, 0.15) is 15.3 Å². The van der Waals surface area contributed by atoms with Gasteiger partial charge in [0.2, 0.25) is 0 Å². The minimum atomic E-state index is 0.746. The fourth-order valence-corrected chi connectivity index (χ4v) is 3.00. The summed E-state index contributed by atoms with van der Waals surface area (Å²) in [6.45, 7) is 9.06. The molecule has 1 aliphatic rings. The summed E-state index contributed by atoms with van der Waals surface area (Å²) in [4.78, 5) is 7.06. The molecule has 2 heterocycles. The molecule has 0 unspecified atom stereocenters. The number of hydrogen-bond donors (Lipinski definition) is 0. The second-order valence-corrected chi connectivity index (χ2v) is 5.95. The van der Waals surface area contributed by atoms with Gasteiger partial charge in [0, 0.05) is 34.8 Å². The van der Waals surface area contributed by atoms with E-state index in [0.29, 0.717) is 0 Å². The van der Waals surface area contributed by atoms with E-state index >= 15 is 0 Å². The lowest BCUT2D eigenvalue weighted by Gasteiger charge is -2.18. The van der Waals surface area contributed by atoms with E-state index in [0.717, 1.165) is 25.6 Å². The molecule has 3 nitrogen and oxygen atoms in total. The van der Waals surface area contributed by atoms with Crippen LogP contribution >= 0.6 is 11.3 Å². The number of aryl methyl sites for hydroxylation is 2. The Balaban J connectivity index is 1.84. The summed E-state index contributed by atoms with van der Waals surface area (Å²) in [7, 11) is 2.08. The van der Waals surface area contributed by atoms with E-state index in [1.165, 1.54) is 15.3 Å². The molecule has 0 bridgehead atoms. The zero-order valence-electron chi connectivity index (χ0n) is 11.0. The van der Waals surface area contributed by atoms with Gasteiger partial charge in [-0.05, 0) is 20.8 Å². The molecular weight excluding hydrogens is 232 g/mol. The SMILES string of the molecule is Cc1sc(C)c(OCCN2C=CN(C)C2)c1C. The van der Waals surface area contributed by atoms with Crippen LogP contribution in [0, 0.1) is 20.8 Å². The molecule has 4 heteroatoms. The number of rotatable bonds is 4. The topological polar surface area (TPSA) is 15.7 Å². The summed E-state index contributed by atoms with van der Waals surface area (Å²) in [5.74, 6) is 1.09. The second kappa shape index (κ2) is 5.00. The smallest absolute Gasteiger partial charge is 0.136 e. The maximum atomic E-state index is 5.90. The predicted octanol–water partition coefficient (Wildman–Crippen LogP) is 2.73. The van der Waals surface area contributed by atoms with Gasteiger partial charge in [0.25, 0.3) is 0 Å². The van der Waals surface area contributed by atoms with E-state index in [2.05, 4.69) is 50.0 Å². The Morgan fingerprint density at radius 3 is 2.53 bits per heavy atom. The Labute approximate surface area is 107 Å². The first-order chi connectivity index (χ1) is 8.08. The summed E-state index contributed by atoms with van der Waals surface area (Å²) in [6.07, 6.45) is 4.20. The Kier molecular flexibility index (Phi) is 3.62. The van der Waals surface area contributed by atoms with E-state index in [-0.39, 0.29) is 0 Å². The summed E-state index contributed by atoms with van der Waals surface area (Å²) < 4.78 is 5.90. The zero-order valence-corrected chi connectivity index (χ0v) is 11.8. The van der Waals surface area contributed by atoms with Crippen LogP contribution in [-0.4, -0.2) is 36.7 Å². The maximum Gasteiger partial charge on any atom is 0.136 e. The molecular formula is C13H20N2OS. The largest absolute Gasteiger partial charge is 0.490 e. The molecule has 0 radical (unpaired) electrons. The fourth-order valence-electron chi connectivity index (χ4n) is 1.99. The van der Waals surface area contributed by atoms with Crippen LogP contribution < -0.4 is 4.74 Å². The molecule has 1 aromatic rings. The van der Waals surface area contributed by atoms with Gasteiger partial charge in [0.1, 0.15) is 12.4 Å². The van der Waals surface area contributed by atoms with Gasteiger partial charge < -0.3 is 14.5 Å². The van der Waals surface area contributed by atoms with Crippen molar-refractivity contribution in [2.24, 2.45) is 0 Å². The Morgan fingerprint density at radius 1 is 1.24 bits per heavy atom. The third-order valence-corrected chi connectivity index (χ3v) is 4.16. The van der Waals surface area contributed by atoms with Crippen molar-refractivity contribution in [2.45, 2.75) is 20.8 Å². The average Bonchev–Trinajstić information content (AvgIpc) is 2.78. The van der Waals surface area contributed by atoms with Crippen molar-refractivity contribution in [3.63, 3.8) is 0 Å². The van der Waals surface area contributed by atoms with Crippen LogP contribution in [0.4, 0.5) is 0 Å². The summed E-state index contributed by atoms with van der Waals surface area (Å²) >= 11 is 1.82. The minimum absolute atomic E-state index is 0.746. The summed E-state index contributed by atoms with van der Waals surface area (Å²) in [5, 5.41) is 0. The maximum absolute atomic E-state index is 5.90. The lowest BCUT2D eigenvalue weighted by molar-refractivity contribution is 0.229. The normalized spacial score (nSPS) is 14.8. The van der Waals surface area contributed by atoms with E-state index < -0.39 is 0 Å². The highest BCUT2D eigenvalue weighted by molar-refractivity contribution is 7.12. The van der Waals surface area contributed by atoms with Gasteiger partial charge in [-0.15, -0.1) is 11.3 Å². The van der Waals surface area contributed by atoms with Crippen molar-refractivity contribution in [1.82, 2.24) is 9.80 Å². The van der Waals surface area contributed by atoms with Gasteiger partial charge in [-0.2, -0.15) is 0 Å². The molecule has 0 spiro atoms. The summed E-state index contributed by atoms with van der Waals surface area (Å²) in [5.41, 5.74) is 1.29. The summed E-state index contributed by atoms with van der Waals surface area (Å²) in [6, 6.07) is 0.